The molecule has 3 rings (SSSR count). The van der Waals surface area contributed by atoms with Crippen molar-refractivity contribution in [3.05, 3.63) is 64.5 Å². The molecule has 0 fully saturated rings. The van der Waals surface area contributed by atoms with E-state index in [4.69, 9.17) is 11.6 Å². The molecule has 1 amide bonds. The van der Waals surface area contributed by atoms with Gasteiger partial charge in [0.05, 0.1) is 17.0 Å². The van der Waals surface area contributed by atoms with Crippen LogP contribution in [0.2, 0.25) is 5.02 Å². The number of nitrogens with one attached hydrogen (secondary N) is 1. The van der Waals surface area contributed by atoms with Crippen LogP contribution in [0.25, 0.3) is 11.3 Å². The molecule has 0 bridgehead atoms. The van der Waals surface area contributed by atoms with Gasteiger partial charge >= 0.3 is 6.18 Å². The summed E-state index contributed by atoms with van der Waals surface area (Å²) in [5.41, 5.74) is 0.991. The zero-order chi connectivity index (χ0) is 19.4. The van der Waals surface area contributed by atoms with Crippen molar-refractivity contribution in [2.45, 2.75) is 10.5 Å². The van der Waals surface area contributed by atoms with E-state index in [1.807, 2.05) is 17.5 Å². The smallest absolute Gasteiger partial charge is 0.325 e. The van der Waals surface area contributed by atoms with Crippen molar-refractivity contribution in [3.63, 3.8) is 0 Å². The van der Waals surface area contributed by atoms with Crippen molar-refractivity contribution in [3.8, 4) is 11.3 Å². The molecule has 3 nitrogen and oxygen atoms in total. The van der Waals surface area contributed by atoms with Crippen molar-refractivity contribution in [1.29, 1.82) is 0 Å². The number of carbonyl (C=O) groups excluding carboxylic acids is 1. The summed E-state index contributed by atoms with van der Waals surface area (Å²) in [5, 5.41) is 4.98. The number of nitrogens with zero attached hydrogens (tertiary/aromatic N) is 1. The van der Waals surface area contributed by atoms with E-state index in [1.54, 1.807) is 12.1 Å². The van der Waals surface area contributed by atoms with Crippen LogP contribution in [0.1, 0.15) is 5.56 Å². The van der Waals surface area contributed by atoms with E-state index < -0.39 is 17.6 Å². The molecule has 3 aromatic rings. The Labute approximate surface area is 166 Å². The fraction of sp³-hybridized carbons (Fsp3) is 0.111. The quantitative estimate of drug-likeness (QED) is 0.491. The molecule has 0 radical (unpaired) electrons. The molecule has 0 saturated carbocycles. The highest BCUT2D eigenvalue weighted by Crippen LogP contribution is 2.31. The minimum atomic E-state index is -4.45. The van der Waals surface area contributed by atoms with Gasteiger partial charge in [0.25, 0.3) is 0 Å². The molecule has 0 atom stereocenters. The van der Waals surface area contributed by atoms with E-state index in [1.165, 1.54) is 35.2 Å². The van der Waals surface area contributed by atoms with Crippen LogP contribution in [0.3, 0.4) is 0 Å². The van der Waals surface area contributed by atoms with E-state index in [-0.39, 0.29) is 11.4 Å². The second-order valence-corrected chi connectivity index (χ2v) is 7.94. The van der Waals surface area contributed by atoms with Crippen molar-refractivity contribution >= 4 is 46.3 Å². The summed E-state index contributed by atoms with van der Waals surface area (Å²) in [6.45, 7) is 0. The fourth-order valence-corrected chi connectivity index (χ4v) is 3.94. The van der Waals surface area contributed by atoms with E-state index in [0.29, 0.717) is 9.36 Å². The second-order valence-electron chi connectivity index (χ2n) is 5.42. The molecule has 9 heteroatoms. The first-order chi connectivity index (χ1) is 12.8. The van der Waals surface area contributed by atoms with Gasteiger partial charge in [0.2, 0.25) is 5.91 Å². The summed E-state index contributed by atoms with van der Waals surface area (Å²) in [6, 6.07) is 11.8. The Morgan fingerprint density at radius 1 is 1.19 bits per heavy atom. The molecule has 0 unspecified atom stereocenters. The van der Waals surface area contributed by atoms with Crippen LogP contribution >= 0.6 is 34.7 Å². The van der Waals surface area contributed by atoms with Gasteiger partial charge in [0, 0.05) is 21.7 Å². The second kappa shape index (κ2) is 8.33. The topological polar surface area (TPSA) is 42.0 Å². The fourth-order valence-electron chi connectivity index (χ4n) is 2.17. The van der Waals surface area contributed by atoms with Gasteiger partial charge in [-0.15, -0.1) is 11.3 Å². The highest BCUT2D eigenvalue weighted by Gasteiger charge is 2.30. The first kappa shape index (κ1) is 19.7. The van der Waals surface area contributed by atoms with Gasteiger partial charge in [-0.25, -0.2) is 4.98 Å². The van der Waals surface area contributed by atoms with Crippen molar-refractivity contribution < 1.29 is 18.0 Å². The third-order valence-corrected chi connectivity index (χ3v) is 5.70. The maximum absolute atomic E-state index is 12.7. The third kappa shape index (κ3) is 5.47. The average Bonchev–Trinajstić information content (AvgIpc) is 3.09. The van der Waals surface area contributed by atoms with Gasteiger partial charge < -0.3 is 5.32 Å². The molecule has 1 N–H and O–H groups in total. The number of thiazole rings is 1. The molecule has 0 aliphatic rings. The first-order valence-corrected chi connectivity index (χ1v) is 9.87. The Balaban J connectivity index is 1.58. The Kier molecular flexibility index (Phi) is 6.08. The van der Waals surface area contributed by atoms with Crippen LogP contribution in [0.4, 0.5) is 18.9 Å². The zero-order valence-corrected chi connectivity index (χ0v) is 16.0. The summed E-state index contributed by atoms with van der Waals surface area (Å²) in [7, 11) is 0. The minimum Gasteiger partial charge on any atom is -0.325 e. The Hall–Kier alpha value is -2.03. The van der Waals surface area contributed by atoms with Crippen LogP contribution in [0.5, 0.6) is 0 Å². The maximum Gasteiger partial charge on any atom is 0.416 e. The lowest BCUT2D eigenvalue weighted by molar-refractivity contribution is -0.137. The lowest BCUT2D eigenvalue weighted by Crippen LogP contribution is -2.15. The van der Waals surface area contributed by atoms with Gasteiger partial charge in [0.15, 0.2) is 4.34 Å². The van der Waals surface area contributed by atoms with E-state index in [0.717, 1.165) is 23.4 Å². The summed E-state index contributed by atoms with van der Waals surface area (Å²) in [5.74, 6) is -0.355. The summed E-state index contributed by atoms with van der Waals surface area (Å²) >= 11 is 8.48. The molecule has 1 aromatic heterocycles. The van der Waals surface area contributed by atoms with Crippen LogP contribution in [-0.2, 0) is 11.0 Å². The predicted octanol–water partition coefficient (Wildman–Crippen LogP) is 6.21. The standard InChI is InChI=1S/C18H12ClF3N2OS2/c19-13-6-4-11(5-7-13)15-9-26-17(24-15)27-10-16(25)23-14-3-1-2-12(8-14)18(20,21)22/h1-9H,10H2,(H,23,25). The van der Waals surface area contributed by atoms with Gasteiger partial charge in [0.1, 0.15) is 0 Å². The highest BCUT2D eigenvalue weighted by atomic mass is 35.5. The van der Waals surface area contributed by atoms with Crippen molar-refractivity contribution in [1.82, 2.24) is 4.98 Å². The van der Waals surface area contributed by atoms with Crippen LogP contribution in [0, 0.1) is 0 Å². The summed E-state index contributed by atoms with van der Waals surface area (Å²) in [6.07, 6.45) is -4.45. The maximum atomic E-state index is 12.7. The normalized spacial score (nSPS) is 11.4. The third-order valence-electron chi connectivity index (χ3n) is 3.42. The van der Waals surface area contributed by atoms with E-state index in [9.17, 15) is 18.0 Å². The van der Waals surface area contributed by atoms with E-state index in [2.05, 4.69) is 10.3 Å². The number of aromatic nitrogens is 1. The molecule has 2 aromatic carbocycles. The largest absolute Gasteiger partial charge is 0.416 e. The van der Waals surface area contributed by atoms with Crippen LogP contribution in [-0.4, -0.2) is 16.6 Å². The molecule has 1 heterocycles. The molecule has 0 saturated heterocycles. The van der Waals surface area contributed by atoms with Crippen LogP contribution < -0.4 is 5.32 Å². The predicted molar refractivity (Wildman–Crippen MR) is 103 cm³/mol. The molecule has 140 valence electrons. The monoisotopic (exact) mass is 428 g/mol. The average molecular weight is 429 g/mol. The SMILES string of the molecule is O=C(CSc1nc(-c2ccc(Cl)cc2)cs1)Nc1cccc(C(F)(F)F)c1. The highest BCUT2D eigenvalue weighted by molar-refractivity contribution is 8.01. The lowest BCUT2D eigenvalue weighted by Gasteiger charge is -2.09. The Morgan fingerprint density at radius 3 is 2.63 bits per heavy atom. The number of anilines is 1. The zero-order valence-electron chi connectivity index (χ0n) is 13.6. The molecule has 27 heavy (non-hydrogen) atoms. The summed E-state index contributed by atoms with van der Waals surface area (Å²) in [4.78, 5) is 16.5. The number of carbonyl (C=O) groups is 1. The number of rotatable bonds is 5. The molecule has 0 spiro atoms. The lowest BCUT2D eigenvalue weighted by atomic mass is 10.2. The molecule has 0 aliphatic carbocycles. The number of amides is 1. The number of hydrogen-bond acceptors (Lipinski definition) is 4. The number of alkyl halides is 3. The van der Waals surface area contributed by atoms with Gasteiger partial charge in [-0.1, -0.05) is 41.6 Å². The number of halogens is 4. The molecular formula is C18H12ClF3N2OS2. The van der Waals surface area contributed by atoms with Gasteiger partial charge in [-0.2, -0.15) is 13.2 Å². The number of benzene rings is 2. The minimum absolute atomic E-state index is 0.0455. The van der Waals surface area contributed by atoms with Crippen molar-refractivity contribution in [2.75, 3.05) is 11.1 Å². The number of thioether (sulfide) groups is 1. The summed E-state index contributed by atoms with van der Waals surface area (Å²) < 4.78 is 38.8. The molecule has 0 aliphatic heterocycles. The van der Waals surface area contributed by atoms with Gasteiger partial charge in [-0.3, -0.25) is 4.79 Å². The van der Waals surface area contributed by atoms with Gasteiger partial charge in [-0.05, 0) is 30.3 Å². The number of hydrogen-bond donors (Lipinski definition) is 1. The Bertz CT molecular complexity index is 942. The first-order valence-electron chi connectivity index (χ1n) is 7.62. The Morgan fingerprint density at radius 2 is 1.93 bits per heavy atom. The van der Waals surface area contributed by atoms with E-state index >= 15 is 0 Å². The van der Waals surface area contributed by atoms with Crippen molar-refractivity contribution in [2.24, 2.45) is 0 Å². The molecular weight excluding hydrogens is 417 g/mol. The van der Waals surface area contributed by atoms with Crippen LogP contribution in [0.15, 0.2) is 58.3 Å².